The van der Waals surface area contributed by atoms with Gasteiger partial charge >= 0.3 is 0 Å². The second kappa shape index (κ2) is 11.3. The lowest BCUT2D eigenvalue weighted by atomic mass is 9.78. The van der Waals surface area contributed by atoms with Crippen LogP contribution in [0.1, 0.15) is 46.1 Å². The summed E-state index contributed by atoms with van der Waals surface area (Å²) in [4.78, 5) is 4.77. The maximum atomic E-state index is 6.11. The van der Waals surface area contributed by atoms with E-state index in [0.29, 0.717) is 24.0 Å². The number of nitrogens with zero attached hydrogens (tertiary/aromatic N) is 1. The summed E-state index contributed by atoms with van der Waals surface area (Å²) in [5.41, 5.74) is 1.05. The van der Waals surface area contributed by atoms with Gasteiger partial charge in [-0.3, -0.25) is 0 Å². The molecule has 2 N–H and O–H groups in total. The van der Waals surface area contributed by atoms with Gasteiger partial charge in [0, 0.05) is 37.2 Å². The smallest absolute Gasteiger partial charge is 0.191 e. The van der Waals surface area contributed by atoms with Crippen molar-refractivity contribution in [2.24, 2.45) is 16.3 Å². The third-order valence-corrected chi connectivity index (χ3v) is 5.37. The van der Waals surface area contributed by atoms with Crippen molar-refractivity contribution in [1.82, 2.24) is 10.6 Å². The van der Waals surface area contributed by atoms with Gasteiger partial charge in [-0.25, -0.2) is 4.99 Å². The van der Waals surface area contributed by atoms with Crippen molar-refractivity contribution in [2.75, 3.05) is 41.0 Å². The highest BCUT2D eigenvalue weighted by Crippen LogP contribution is 2.35. The quantitative estimate of drug-likeness (QED) is 0.493. The number of ether oxygens (including phenoxy) is 4. The van der Waals surface area contributed by atoms with E-state index in [-0.39, 0.29) is 11.5 Å². The van der Waals surface area contributed by atoms with Crippen LogP contribution in [-0.4, -0.2) is 53.1 Å². The van der Waals surface area contributed by atoms with Crippen LogP contribution in [-0.2, 0) is 11.3 Å². The Hall–Kier alpha value is -2.15. The van der Waals surface area contributed by atoms with Gasteiger partial charge in [0.1, 0.15) is 5.75 Å². The van der Waals surface area contributed by atoms with Crippen LogP contribution in [0.2, 0.25) is 0 Å². The molecular weight excluding hydrogens is 382 g/mol. The molecule has 1 heterocycles. The van der Waals surface area contributed by atoms with Gasteiger partial charge in [0.25, 0.3) is 0 Å². The van der Waals surface area contributed by atoms with Crippen molar-refractivity contribution in [2.45, 2.75) is 53.2 Å². The summed E-state index contributed by atoms with van der Waals surface area (Å²) in [6.07, 6.45) is 2.51. The molecule has 0 spiro atoms. The van der Waals surface area contributed by atoms with Crippen molar-refractivity contribution in [3.8, 4) is 17.2 Å². The Morgan fingerprint density at radius 3 is 2.33 bits per heavy atom. The van der Waals surface area contributed by atoms with E-state index in [1.807, 2.05) is 12.1 Å². The SMILES string of the molecule is CCNC(=NCc1cc(OC)c(OC)cc1OC)NCC1CCCOC1C(C)(C)C. The van der Waals surface area contributed by atoms with E-state index in [1.165, 1.54) is 0 Å². The summed E-state index contributed by atoms with van der Waals surface area (Å²) in [5.74, 6) is 3.26. The fraction of sp³-hybridized carbons (Fsp3) is 0.696. The number of hydrogen-bond acceptors (Lipinski definition) is 5. The zero-order chi connectivity index (χ0) is 22.1. The molecule has 7 heteroatoms. The van der Waals surface area contributed by atoms with Crippen molar-refractivity contribution >= 4 is 5.96 Å². The molecule has 7 nitrogen and oxygen atoms in total. The lowest BCUT2D eigenvalue weighted by Crippen LogP contribution is -2.47. The van der Waals surface area contributed by atoms with E-state index >= 15 is 0 Å². The van der Waals surface area contributed by atoms with Crippen LogP contribution < -0.4 is 24.8 Å². The lowest BCUT2D eigenvalue weighted by molar-refractivity contribution is -0.0835. The molecule has 1 fully saturated rings. The number of methoxy groups -OCH3 is 3. The predicted molar refractivity (Wildman–Crippen MR) is 121 cm³/mol. The Balaban J connectivity index is 2.12. The van der Waals surface area contributed by atoms with Gasteiger partial charge in [0.05, 0.1) is 34.0 Å². The van der Waals surface area contributed by atoms with Gasteiger partial charge in [-0.1, -0.05) is 20.8 Å². The summed E-state index contributed by atoms with van der Waals surface area (Å²) in [7, 11) is 4.89. The molecule has 0 saturated carbocycles. The molecule has 2 unspecified atom stereocenters. The molecule has 0 amide bonds. The van der Waals surface area contributed by atoms with Crippen molar-refractivity contribution in [3.05, 3.63) is 17.7 Å². The molecule has 0 bridgehead atoms. The molecular formula is C23H39N3O4. The number of guanidine groups is 1. The van der Waals surface area contributed by atoms with Gasteiger partial charge < -0.3 is 29.6 Å². The number of hydrogen-bond donors (Lipinski definition) is 2. The average molecular weight is 422 g/mol. The maximum Gasteiger partial charge on any atom is 0.191 e. The van der Waals surface area contributed by atoms with Crippen LogP contribution in [0, 0.1) is 11.3 Å². The highest BCUT2D eigenvalue weighted by atomic mass is 16.5. The van der Waals surface area contributed by atoms with Gasteiger partial charge in [0.15, 0.2) is 17.5 Å². The number of benzene rings is 1. The summed E-state index contributed by atoms with van der Waals surface area (Å²) in [6, 6.07) is 3.74. The van der Waals surface area contributed by atoms with E-state index in [4.69, 9.17) is 23.9 Å². The second-order valence-corrected chi connectivity index (χ2v) is 8.65. The molecule has 0 aliphatic carbocycles. The first kappa shape index (κ1) is 24.1. The minimum Gasteiger partial charge on any atom is -0.496 e. The van der Waals surface area contributed by atoms with E-state index in [1.54, 1.807) is 21.3 Å². The van der Waals surface area contributed by atoms with E-state index in [9.17, 15) is 0 Å². The third kappa shape index (κ3) is 6.42. The summed E-state index contributed by atoms with van der Waals surface area (Å²) in [6.45, 7) is 11.7. The number of nitrogens with one attached hydrogen (secondary N) is 2. The van der Waals surface area contributed by atoms with Gasteiger partial charge in [-0.2, -0.15) is 0 Å². The van der Waals surface area contributed by atoms with Crippen molar-refractivity contribution in [1.29, 1.82) is 0 Å². The molecule has 170 valence electrons. The van der Waals surface area contributed by atoms with Gasteiger partial charge in [-0.05, 0) is 31.2 Å². The topological polar surface area (TPSA) is 73.3 Å². The number of rotatable bonds is 8. The molecule has 0 aromatic heterocycles. The minimum absolute atomic E-state index is 0.120. The third-order valence-electron chi connectivity index (χ3n) is 5.37. The van der Waals surface area contributed by atoms with Crippen LogP contribution in [0.4, 0.5) is 0 Å². The Bertz CT molecular complexity index is 700. The Morgan fingerprint density at radius 2 is 1.73 bits per heavy atom. The first-order valence-corrected chi connectivity index (χ1v) is 10.8. The predicted octanol–water partition coefficient (Wildman–Crippen LogP) is 3.61. The largest absolute Gasteiger partial charge is 0.496 e. The molecule has 30 heavy (non-hydrogen) atoms. The Labute approximate surface area is 181 Å². The molecule has 1 aliphatic rings. The Kier molecular flexibility index (Phi) is 9.08. The normalized spacial score (nSPS) is 19.9. The van der Waals surface area contributed by atoms with Crippen LogP contribution in [0.3, 0.4) is 0 Å². The second-order valence-electron chi connectivity index (χ2n) is 8.65. The fourth-order valence-electron chi connectivity index (χ4n) is 3.96. The highest BCUT2D eigenvalue weighted by molar-refractivity contribution is 5.79. The van der Waals surface area contributed by atoms with Crippen molar-refractivity contribution in [3.63, 3.8) is 0 Å². The first-order chi connectivity index (χ1) is 14.3. The minimum atomic E-state index is 0.120. The van der Waals surface area contributed by atoms with Gasteiger partial charge in [0.2, 0.25) is 0 Å². The van der Waals surface area contributed by atoms with E-state index in [2.05, 4.69) is 38.3 Å². The molecule has 1 aliphatic heterocycles. The van der Waals surface area contributed by atoms with E-state index < -0.39 is 0 Å². The molecule has 2 rings (SSSR count). The molecule has 1 saturated heterocycles. The number of aliphatic imine (C=N–C) groups is 1. The van der Waals surface area contributed by atoms with Crippen molar-refractivity contribution < 1.29 is 18.9 Å². The monoisotopic (exact) mass is 421 g/mol. The zero-order valence-corrected chi connectivity index (χ0v) is 19.6. The van der Waals surface area contributed by atoms with Crippen LogP contribution >= 0.6 is 0 Å². The van der Waals surface area contributed by atoms with Gasteiger partial charge in [-0.15, -0.1) is 0 Å². The standard InChI is InChI=1S/C23H39N3O4/c1-8-24-22(25-14-16-10-9-11-30-21(16)23(2,3)4)26-15-17-12-19(28-6)20(29-7)13-18(17)27-5/h12-13,16,21H,8-11,14-15H2,1-7H3,(H2,24,25,26). The molecule has 1 aromatic carbocycles. The molecule has 2 atom stereocenters. The summed E-state index contributed by atoms with van der Waals surface area (Å²) >= 11 is 0. The van der Waals surface area contributed by atoms with E-state index in [0.717, 1.165) is 49.8 Å². The fourth-order valence-corrected chi connectivity index (χ4v) is 3.96. The summed E-state index contributed by atoms with van der Waals surface area (Å²) in [5, 5.41) is 6.85. The zero-order valence-electron chi connectivity index (χ0n) is 19.6. The maximum absolute atomic E-state index is 6.11. The average Bonchev–Trinajstić information content (AvgIpc) is 2.74. The molecule has 1 aromatic rings. The first-order valence-electron chi connectivity index (χ1n) is 10.8. The lowest BCUT2D eigenvalue weighted by Gasteiger charge is -2.40. The summed E-state index contributed by atoms with van der Waals surface area (Å²) < 4.78 is 22.4. The molecule has 0 radical (unpaired) electrons. The van der Waals surface area contributed by atoms with Crippen LogP contribution in [0.15, 0.2) is 17.1 Å². The Morgan fingerprint density at radius 1 is 1.07 bits per heavy atom. The highest BCUT2D eigenvalue weighted by Gasteiger charge is 2.35. The van der Waals surface area contributed by atoms with Crippen LogP contribution in [0.25, 0.3) is 0 Å². The van der Waals surface area contributed by atoms with Crippen LogP contribution in [0.5, 0.6) is 17.2 Å².